The third-order valence-electron chi connectivity index (χ3n) is 2.28. The Morgan fingerprint density at radius 2 is 2.17 bits per heavy atom. The van der Waals surface area contributed by atoms with Crippen molar-refractivity contribution in [2.24, 2.45) is 5.92 Å². The zero-order valence-corrected chi connectivity index (χ0v) is 11.5. The molecule has 2 amide bonds. The van der Waals surface area contributed by atoms with E-state index in [4.69, 9.17) is 16.0 Å². The topological polar surface area (TPSA) is 62.6 Å². The Bertz CT molecular complexity index is 429. The number of hydrogen-bond donors (Lipinski definition) is 1. The van der Waals surface area contributed by atoms with Crippen molar-refractivity contribution in [3.05, 3.63) is 23.1 Å². The smallest absolute Gasteiger partial charge is 0.258 e. The molecule has 1 aromatic heterocycles. The highest BCUT2D eigenvalue weighted by Crippen LogP contribution is 2.17. The molecule has 0 saturated carbocycles. The first-order valence-electron chi connectivity index (χ1n) is 5.67. The molecule has 5 nitrogen and oxygen atoms in total. The maximum absolute atomic E-state index is 11.9. The number of halogens is 1. The van der Waals surface area contributed by atoms with Crippen LogP contribution in [0, 0.1) is 5.92 Å². The average Bonchev–Trinajstić information content (AvgIpc) is 2.71. The molecule has 0 aliphatic rings. The van der Waals surface area contributed by atoms with Crippen LogP contribution < -0.4 is 5.32 Å². The minimum atomic E-state index is -0.339. The fourth-order valence-corrected chi connectivity index (χ4v) is 1.51. The lowest BCUT2D eigenvalue weighted by Crippen LogP contribution is -2.39. The molecule has 0 unspecified atom stereocenters. The van der Waals surface area contributed by atoms with Crippen LogP contribution in [0.1, 0.15) is 24.2 Å². The van der Waals surface area contributed by atoms with E-state index in [1.54, 1.807) is 7.05 Å². The molecule has 1 N–H and O–H groups in total. The predicted molar refractivity (Wildman–Crippen MR) is 68.5 cm³/mol. The molecule has 1 heterocycles. The van der Waals surface area contributed by atoms with Crippen molar-refractivity contribution in [1.82, 2.24) is 10.2 Å². The van der Waals surface area contributed by atoms with E-state index in [0.29, 0.717) is 12.5 Å². The molecule has 1 aromatic rings. The Balaban J connectivity index is 2.50. The molecule has 0 fully saturated rings. The van der Waals surface area contributed by atoms with Gasteiger partial charge in [-0.3, -0.25) is 9.59 Å². The van der Waals surface area contributed by atoms with Gasteiger partial charge in [-0.2, -0.15) is 0 Å². The molecular formula is C12H17ClN2O3. The number of likely N-dealkylation sites (N-methyl/N-ethyl adjacent to an activating group) is 1. The predicted octanol–water partition coefficient (Wildman–Crippen LogP) is 1.78. The van der Waals surface area contributed by atoms with Crippen molar-refractivity contribution in [3.8, 4) is 0 Å². The molecule has 0 saturated heterocycles. The van der Waals surface area contributed by atoms with E-state index in [0.717, 1.165) is 0 Å². The Morgan fingerprint density at radius 3 is 2.67 bits per heavy atom. The van der Waals surface area contributed by atoms with Crippen LogP contribution in [-0.2, 0) is 4.79 Å². The molecule has 0 aliphatic carbocycles. The lowest BCUT2D eigenvalue weighted by atomic mass is 10.2. The van der Waals surface area contributed by atoms with Crippen molar-refractivity contribution in [3.63, 3.8) is 0 Å². The summed E-state index contributed by atoms with van der Waals surface area (Å²) in [5.41, 5.74) is 0.260. The van der Waals surface area contributed by atoms with E-state index >= 15 is 0 Å². The van der Waals surface area contributed by atoms with Crippen LogP contribution in [0.3, 0.4) is 0 Å². The monoisotopic (exact) mass is 272 g/mol. The number of rotatable bonds is 5. The van der Waals surface area contributed by atoms with Crippen molar-refractivity contribution < 1.29 is 14.0 Å². The summed E-state index contributed by atoms with van der Waals surface area (Å²) in [6, 6.07) is 1.48. The standard InChI is InChI=1S/C12H17ClN2O3/c1-8(2)6-14-10(16)7-15(3)12(17)9-4-5-18-11(9)13/h4-5,8H,6-7H2,1-3H3,(H,14,16). The van der Waals surface area contributed by atoms with Gasteiger partial charge in [0.1, 0.15) is 0 Å². The van der Waals surface area contributed by atoms with Crippen molar-refractivity contribution in [1.29, 1.82) is 0 Å². The fraction of sp³-hybridized carbons (Fsp3) is 0.500. The maximum Gasteiger partial charge on any atom is 0.258 e. The molecule has 0 bridgehead atoms. The minimum Gasteiger partial charge on any atom is -0.452 e. The number of amides is 2. The van der Waals surface area contributed by atoms with Crippen LogP contribution in [0.2, 0.25) is 5.22 Å². The van der Waals surface area contributed by atoms with Gasteiger partial charge in [0, 0.05) is 13.6 Å². The van der Waals surface area contributed by atoms with Gasteiger partial charge in [0.25, 0.3) is 5.91 Å². The van der Waals surface area contributed by atoms with E-state index < -0.39 is 0 Å². The minimum absolute atomic E-state index is 0.00688. The average molecular weight is 273 g/mol. The Hall–Kier alpha value is -1.49. The lowest BCUT2D eigenvalue weighted by molar-refractivity contribution is -0.121. The highest BCUT2D eigenvalue weighted by molar-refractivity contribution is 6.32. The normalized spacial score (nSPS) is 10.5. The summed E-state index contributed by atoms with van der Waals surface area (Å²) in [6.07, 6.45) is 1.34. The second-order valence-electron chi connectivity index (χ2n) is 4.47. The molecule has 6 heteroatoms. The van der Waals surface area contributed by atoms with E-state index in [1.807, 2.05) is 13.8 Å². The highest BCUT2D eigenvalue weighted by atomic mass is 35.5. The molecule has 1 rings (SSSR count). The van der Waals surface area contributed by atoms with E-state index in [-0.39, 0.29) is 29.1 Å². The van der Waals surface area contributed by atoms with E-state index in [2.05, 4.69) is 5.32 Å². The third kappa shape index (κ3) is 4.07. The van der Waals surface area contributed by atoms with Crippen LogP contribution in [-0.4, -0.2) is 36.9 Å². The second kappa shape index (κ2) is 6.44. The summed E-state index contributed by atoms with van der Waals surface area (Å²) in [6.45, 7) is 4.58. The van der Waals surface area contributed by atoms with Gasteiger partial charge in [0.15, 0.2) is 0 Å². The summed E-state index contributed by atoms with van der Waals surface area (Å²) in [5, 5.41) is 2.78. The van der Waals surface area contributed by atoms with Crippen LogP contribution in [0.4, 0.5) is 0 Å². The first kappa shape index (κ1) is 14.6. The van der Waals surface area contributed by atoms with Gasteiger partial charge in [-0.1, -0.05) is 13.8 Å². The summed E-state index contributed by atoms with van der Waals surface area (Å²) in [5.74, 6) is -0.161. The number of furan rings is 1. The summed E-state index contributed by atoms with van der Waals surface area (Å²) >= 11 is 5.70. The Labute approximate surface area is 111 Å². The molecule has 0 radical (unpaired) electrons. The number of nitrogens with zero attached hydrogens (tertiary/aromatic N) is 1. The molecule has 0 aromatic carbocycles. The second-order valence-corrected chi connectivity index (χ2v) is 4.81. The SMILES string of the molecule is CC(C)CNC(=O)CN(C)C(=O)c1ccoc1Cl. The fourth-order valence-electron chi connectivity index (χ4n) is 1.31. The maximum atomic E-state index is 11.9. The highest BCUT2D eigenvalue weighted by Gasteiger charge is 2.19. The molecule has 0 atom stereocenters. The molecule has 0 aliphatic heterocycles. The summed E-state index contributed by atoms with van der Waals surface area (Å²) in [7, 11) is 1.54. The number of carbonyl (C=O) groups excluding carboxylic acids is 2. The van der Waals surface area contributed by atoms with E-state index in [1.165, 1.54) is 17.2 Å². The van der Waals surface area contributed by atoms with Crippen LogP contribution >= 0.6 is 11.6 Å². The summed E-state index contributed by atoms with van der Waals surface area (Å²) in [4.78, 5) is 24.8. The van der Waals surface area contributed by atoms with Crippen LogP contribution in [0.15, 0.2) is 16.7 Å². The molecular weight excluding hydrogens is 256 g/mol. The molecule has 0 spiro atoms. The number of hydrogen-bond acceptors (Lipinski definition) is 3. The Morgan fingerprint density at radius 1 is 1.50 bits per heavy atom. The zero-order chi connectivity index (χ0) is 13.7. The first-order chi connectivity index (χ1) is 8.41. The quantitative estimate of drug-likeness (QED) is 0.889. The molecule has 100 valence electrons. The van der Waals surface area contributed by atoms with Crippen LogP contribution in [0.25, 0.3) is 0 Å². The zero-order valence-electron chi connectivity index (χ0n) is 10.7. The molecule has 18 heavy (non-hydrogen) atoms. The van der Waals surface area contributed by atoms with Gasteiger partial charge in [0.2, 0.25) is 11.1 Å². The largest absolute Gasteiger partial charge is 0.452 e. The van der Waals surface area contributed by atoms with Gasteiger partial charge in [-0.05, 0) is 23.6 Å². The van der Waals surface area contributed by atoms with Crippen molar-refractivity contribution in [2.75, 3.05) is 20.1 Å². The number of nitrogens with one attached hydrogen (secondary N) is 1. The summed E-state index contributed by atoms with van der Waals surface area (Å²) < 4.78 is 4.84. The first-order valence-corrected chi connectivity index (χ1v) is 6.04. The van der Waals surface area contributed by atoms with Gasteiger partial charge < -0.3 is 14.6 Å². The van der Waals surface area contributed by atoms with E-state index in [9.17, 15) is 9.59 Å². The van der Waals surface area contributed by atoms with Gasteiger partial charge in [-0.15, -0.1) is 0 Å². The van der Waals surface area contributed by atoms with Gasteiger partial charge in [-0.25, -0.2) is 0 Å². The van der Waals surface area contributed by atoms with Gasteiger partial charge >= 0.3 is 0 Å². The van der Waals surface area contributed by atoms with Crippen molar-refractivity contribution in [2.45, 2.75) is 13.8 Å². The lowest BCUT2D eigenvalue weighted by Gasteiger charge is -2.16. The Kier molecular flexibility index (Phi) is 5.22. The van der Waals surface area contributed by atoms with Gasteiger partial charge in [0.05, 0.1) is 18.4 Å². The number of carbonyl (C=O) groups is 2. The van der Waals surface area contributed by atoms with Crippen molar-refractivity contribution >= 4 is 23.4 Å². The van der Waals surface area contributed by atoms with Crippen LogP contribution in [0.5, 0.6) is 0 Å². The third-order valence-corrected chi connectivity index (χ3v) is 2.58.